The third-order valence-corrected chi connectivity index (χ3v) is 2.57. The number of hydrogen-bond acceptors (Lipinski definition) is 2. The van der Waals surface area contributed by atoms with Crippen LogP contribution in [0, 0.1) is 0 Å². The first-order chi connectivity index (χ1) is 8.84. The van der Waals surface area contributed by atoms with E-state index < -0.39 is 17.6 Å². The molecule has 1 rings (SSSR count). The maximum absolute atomic E-state index is 12.5. The molecule has 0 radical (unpaired) electrons. The molecule has 2 N–H and O–H groups in total. The predicted octanol–water partition coefficient (Wildman–Crippen LogP) is 2.43. The van der Waals surface area contributed by atoms with E-state index in [2.05, 4.69) is 10.6 Å². The lowest BCUT2D eigenvalue weighted by molar-refractivity contribution is -0.137. The summed E-state index contributed by atoms with van der Waals surface area (Å²) in [5.41, 5.74) is -0.807. The Morgan fingerprint density at radius 1 is 1.37 bits per heavy atom. The van der Waals surface area contributed by atoms with Crippen LogP contribution in [0.5, 0.6) is 0 Å². The molecule has 0 aliphatic heterocycles. The predicted molar refractivity (Wildman–Crippen MR) is 66.9 cm³/mol. The molecule has 1 aromatic carbocycles. The Balaban J connectivity index is 2.67. The van der Waals surface area contributed by atoms with E-state index in [1.54, 1.807) is 0 Å². The molecule has 0 saturated heterocycles. The van der Waals surface area contributed by atoms with Crippen molar-refractivity contribution in [1.82, 2.24) is 10.6 Å². The molecule has 1 amide bonds. The van der Waals surface area contributed by atoms with Gasteiger partial charge in [0.2, 0.25) is 0 Å². The topological polar surface area (TPSA) is 41.1 Å². The fourth-order valence-corrected chi connectivity index (χ4v) is 1.61. The second-order valence-corrected chi connectivity index (χ2v) is 4.25. The summed E-state index contributed by atoms with van der Waals surface area (Å²) in [7, 11) is 0. The summed E-state index contributed by atoms with van der Waals surface area (Å²) in [5.74, 6) is -0.504. The molecule has 0 aliphatic carbocycles. The number of alkyl halides is 3. The number of benzene rings is 1. The molecule has 0 unspecified atom stereocenters. The SMILES string of the molecule is CCN[C@H](C)CNC(=O)c1cccc(C(F)(F)F)c1. The van der Waals surface area contributed by atoms with Crippen molar-refractivity contribution in [2.75, 3.05) is 13.1 Å². The zero-order chi connectivity index (χ0) is 14.5. The smallest absolute Gasteiger partial charge is 0.350 e. The number of hydrogen-bond donors (Lipinski definition) is 2. The summed E-state index contributed by atoms with van der Waals surface area (Å²) in [6.45, 7) is 4.95. The van der Waals surface area contributed by atoms with Gasteiger partial charge in [-0.2, -0.15) is 13.2 Å². The first kappa shape index (κ1) is 15.5. The number of likely N-dealkylation sites (N-methyl/N-ethyl adjacent to an activating group) is 1. The van der Waals surface area contributed by atoms with Crippen molar-refractivity contribution >= 4 is 5.91 Å². The Labute approximate surface area is 110 Å². The largest absolute Gasteiger partial charge is 0.416 e. The summed E-state index contributed by atoms with van der Waals surface area (Å²) in [6, 6.07) is 4.46. The molecule has 0 aromatic heterocycles. The van der Waals surface area contributed by atoms with Crippen molar-refractivity contribution < 1.29 is 18.0 Å². The van der Waals surface area contributed by atoms with Crippen LogP contribution < -0.4 is 10.6 Å². The van der Waals surface area contributed by atoms with Crippen LogP contribution in [0.15, 0.2) is 24.3 Å². The monoisotopic (exact) mass is 274 g/mol. The lowest BCUT2D eigenvalue weighted by Crippen LogP contribution is -2.38. The minimum absolute atomic E-state index is 0.0125. The van der Waals surface area contributed by atoms with E-state index >= 15 is 0 Å². The van der Waals surface area contributed by atoms with Crippen molar-refractivity contribution in [2.45, 2.75) is 26.1 Å². The number of rotatable bonds is 5. The molecular weight excluding hydrogens is 257 g/mol. The highest BCUT2D eigenvalue weighted by Gasteiger charge is 2.30. The van der Waals surface area contributed by atoms with E-state index in [1.807, 2.05) is 13.8 Å². The third kappa shape index (κ3) is 4.90. The molecule has 106 valence electrons. The Hall–Kier alpha value is -1.56. The van der Waals surface area contributed by atoms with Gasteiger partial charge in [-0.1, -0.05) is 13.0 Å². The highest BCUT2D eigenvalue weighted by Crippen LogP contribution is 2.29. The summed E-state index contributed by atoms with van der Waals surface area (Å²) < 4.78 is 37.5. The van der Waals surface area contributed by atoms with Gasteiger partial charge in [0.25, 0.3) is 5.91 Å². The zero-order valence-electron chi connectivity index (χ0n) is 10.8. The molecular formula is C13H17F3N2O. The van der Waals surface area contributed by atoms with Crippen molar-refractivity contribution in [1.29, 1.82) is 0 Å². The zero-order valence-corrected chi connectivity index (χ0v) is 10.8. The van der Waals surface area contributed by atoms with Crippen LogP contribution in [0.4, 0.5) is 13.2 Å². The van der Waals surface area contributed by atoms with Crippen molar-refractivity contribution in [3.05, 3.63) is 35.4 Å². The Morgan fingerprint density at radius 3 is 2.63 bits per heavy atom. The van der Waals surface area contributed by atoms with Gasteiger partial charge in [-0.3, -0.25) is 4.79 Å². The standard InChI is InChI=1S/C13H17F3N2O/c1-3-17-9(2)8-18-12(19)10-5-4-6-11(7-10)13(14,15)16/h4-7,9,17H,3,8H2,1-2H3,(H,18,19)/t9-/m1/s1. The Kier molecular flexibility index (Phi) is 5.35. The molecule has 0 spiro atoms. The van der Waals surface area contributed by atoms with Gasteiger partial charge in [0.1, 0.15) is 0 Å². The first-order valence-corrected chi connectivity index (χ1v) is 6.03. The number of carbonyl (C=O) groups excluding carboxylic acids is 1. The Morgan fingerprint density at radius 2 is 2.05 bits per heavy atom. The quantitative estimate of drug-likeness (QED) is 0.866. The van der Waals surface area contributed by atoms with Crippen LogP contribution >= 0.6 is 0 Å². The summed E-state index contributed by atoms with van der Waals surface area (Å²) in [4.78, 5) is 11.7. The van der Waals surface area contributed by atoms with Crippen LogP contribution in [0.25, 0.3) is 0 Å². The van der Waals surface area contributed by atoms with E-state index in [1.165, 1.54) is 12.1 Å². The maximum Gasteiger partial charge on any atom is 0.416 e. The normalized spacial score (nSPS) is 13.1. The average Bonchev–Trinajstić information content (AvgIpc) is 2.35. The fourth-order valence-electron chi connectivity index (χ4n) is 1.61. The number of halogens is 3. The van der Waals surface area contributed by atoms with Crippen LogP contribution in [0.1, 0.15) is 29.8 Å². The summed E-state index contributed by atoms with van der Waals surface area (Å²) in [5, 5.41) is 5.69. The lowest BCUT2D eigenvalue weighted by atomic mass is 10.1. The number of amides is 1. The average molecular weight is 274 g/mol. The van der Waals surface area contributed by atoms with Gasteiger partial charge >= 0.3 is 6.18 Å². The second-order valence-electron chi connectivity index (χ2n) is 4.25. The fraction of sp³-hybridized carbons (Fsp3) is 0.462. The molecule has 0 fully saturated rings. The maximum atomic E-state index is 12.5. The van der Waals surface area contributed by atoms with E-state index in [0.717, 1.165) is 18.7 Å². The lowest BCUT2D eigenvalue weighted by Gasteiger charge is -2.14. The van der Waals surface area contributed by atoms with Crippen molar-refractivity contribution in [3.63, 3.8) is 0 Å². The molecule has 1 aromatic rings. The molecule has 0 bridgehead atoms. The van der Waals surface area contributed by atoms with Gasteiger partial charge in [0, 0.05) is 18.2 Å². The van der Waals surface area contributed by atoms with Gasteiger partial charge in [-0.25, -0.2) is 0 Å². The van der Waals surface area contributed by atoms with E-state index in [-0.39, 0.29) is 11.6 Å². The number of carbonyl (C=O) groups is 1. The number of nitrogens with one attached hydrogen (secondary N) is 2. The molecule has 0 aliphatic rings. The third-order valence-electron chi connectivity index (χ3n) is 2.57. The van der Waals surface area contributed by atoms with E-state index in [9.17, 15) is 18.0 Å². The minimum atomic E-state index is -4.44. The van der Waals surface area contributed by atoms with Gasteiger partial charge in [-0.15, -0.1) is 0 Å². The van der Waals surface area contributed by atoms with Crippen LogP contribution in [-0.4, -0.2) is 25.0 Å². The molecule has 6 heteroatoms. The van der Waals surface area contributed by atoms with Gasteiger partial charge in [0.15, 0.2) is 0 Å². The van der Waals surface area contributed by atoms with Gasteiger partial charge in [-0.05, 0) is 31.7 Å². The van der Waals surface area contributed by atoms with Crippen LogP contribution in [-0.2, 0) is 6.18 Å². The van der Waals surface area contributed by atoms with Crippen LogP contribution in [0.3, 0.4) is 0 Å². The van der Waals surface area contributed by atoms with E-state index in [4.69, 9.17) is 0 Å². The summed E-state index contributed by atoms with van der Waals surface area (Å²) in [6.07, 6.45) is -4.44. The highest BCUT2D eigenvalue weighted by atomic mass is 19.4. The van der Waals surface area contributed by atoms with Gasteiger partial charge < -0.3 is 10.6 Å². The van der Waals surface area contributed by atoms with Gasteiger partial charge in [0.05, 0.1) is 5.56 Å². The van der Waals surface area contributed by atoms with Crippen molar-refractivity contribution in [3.8, 4) is 0 Å². The Bertz CT molecular complexity index is 432. The molecule has 1 atom stereocenters. The molecule has 3 nitrogen and oxygen atoms in total. The molecule has 0 heterocycles. The molecule has 0 saturated carbocycles. The first-order valence-electron chi connectivity index (χ1n) is 6.03. The molecule has 19 heavy (non-hydrogen) atoms. The minimum Gasteiger partial charge on any atom is -0.350 e. The van der Waals surface area contributed by atoms with E-state index in [0.29, 0.717) is 6.54 Å². The second kappa shape index (κ2) is 6.56. The van der Waals surface area contributed by atoms with Crippen molar-refractivity contribution in [2.24, 2.45) is 0 Å². The van der Waals surface area contributed by atoms with Crippen LogP contribution in [0.2, 0.25) is 0 Å². The highest BCUT2D eigenvalue weighted by molar-refractivity contribution is 5.94. The summed E-state index contributed by atoms with van der Waals surface area (Å²) >= 11 is 0.